The number of methoxy groups -OCH3 is 1. The number of halogens is 1. The van der Waals surface area contributed by atoms with Crippen LogP contribution in [0.15, 0.2) is 18.3 Å². The predicted molar refractivity (Wildman–Crippen MR) is 134 cm³/mol. The second-order valence-electron chi connectivity index (χ2n) is 10.6. The van der Waals surface area contributed by atoms with Crippen molar-refractivity contribution in [3.63, 3.8) is 0 Å². The molecule has 36 heavy (non-hydrogen) atoms. The highest BCUT2D eigenvalue weighted by Crippen LogP contribution is 2.44. The zero-order chi connectivity index (χ0) is 25.2. The minimum Gasteiger partial charge on any atom is -0.494 e. The summed E-state index contributed by atoms with van der Waals surface area (Å²) in [5.41, 5.74) is 8.61. The molecular formula is C25H31FN8O2. The number of hydrogen-bond donors (Lipinski definition) is 2. The summed E-state index contributed by atoms with van der Waals surface area (Å²) in [5, 5.41) is 20.4. The third-order valence-electron chi connectivity index (χ3n) is 7.00. The second-order valence-corrected chi connectivity index (χ2v) is 10.6. The van der Waals surface area contributed by atoms with Gasteiger partial charge in [-0.2, -0.15) is 9.61 Å². The number of fused-ring (bicyclic) bond motifs is 3. The van der Waals surface area contributed by atoms with Crippen molar-refractivity contribution in [1.29, 1.82) is 0 Å². The molecule has 1 saturated carbocycles. The highest BCUT2D eigenvalue weighted by atomic mass is 19.1. The van der Waals surface area contributed by atoms with Gasteiger partial charge in [0.25, 0.3) is 0 Å². The lowest BCUT2D eigenvalue weighted by molar-refractivity contribution is 0.0576. The number of piperidine rings is 1. The van der Waals surface area contributed by atoms with Crippen LogP contribution in [0.25, 0.3) is 16.6 Å². The van der Waals surface area contributed by atoms with Gasteiger partial charge in [-0.15, -0.1) is 5.10 Å². The molecule has 1 aliphatic heterocycles. The van der Waals surface area contributed by atoms with Crippen molar-refractivity contribution >= 4 is 28.2 Å². The van der Waals surface area contributed by atoms with Crippen molar-refractivity contribution in [2.75, 3.05) is 30.8 Å². The minimum absolute atomic E-state index is 0.0841. The van der Waals surface area contributed by atoms with Gasteiger partial charge >= 0.3 is 0 Å². The molecule has 1 aromatic carbocycles. The van der Waals surface area contributed by atoms with Gasteiger partial charge in [-0.05, 0) is 45.6 Å². The minimum atomic E-state index is -0.838. The summed E-state index contributed by atoms with van der Waals surface area (Å²) in [6.45, 7) is 5.71. The van der Waals surface area contributed by atoms with Crippen LogP contribution in [0.3, 0.4) is 0 Å². The predicted octanol–water partition coefficient (Wildman–Crippen LogP) is 3.24. The summed E-state index contributed by atoms with van der Waals surface area (Å²) in [5.74, 6) is 1.07. The van der Waals surface area contributed by atoms with Gasteiger partial charge in [0.15, 0.2) is 23.0 Å². The Balaban J connectivity index is 1.34. The molecule has 10 nitrogen and oxygen atoms in total. The maximum Gasteiger partial charge on any atom is 0.223 e. The van der Waals surface area contributed by atoms with E-state index >= 15 is 0 Å². The van der Waals surface area contributed by atoms with Crippen molar-refractivity contribution in [2.45, 2.75) is 63.5 Å². The van der Waals surface area contributed by atoms with Crippen molar-refractivity contribution < 1.29 is 14.2 Å². The number of nitrogens with zero attached hydrogens (tertiary/aromatic N) is 7. The monoisotopic (exact) mass is 494 g/mol. The molecule has 1 atom stereocenters. The SMILES string of the molecule is COc1cc2nc(N)n3nc([C@@H]4CCCN(c5cn(CC(C)(C)O)nc5C5CC5)C4)nc3c2cc1F. The molecule has 190 valence electrons. The third-order valence-corrected chi connectivity index (χ3v) is 7.00. The van der Waals surface area contributed by atoms with Gasteiger partial charge in [0.2, 0.25) is 5.95 Å². The zero-order valence-corrected chi connectivity index (χ0v) is 20.8. The van der Waals surface area contributed by atoms with Crippen molar-refractivity contribution in [1.82, 2.24) is 29.4 Å². The van der Waals surface area contributed by atoms with Crippen LogP contribution >= 0.6 is 0 Å². The number of benzene rings is 1. The molecule has 0 radical (unpaired) electrons. The quantitative estimate of drug-likeness (QED) is 0.419. The van der Waals surface area contributed by atoms with Crippen molar-refractivity contribution in [3.8, 4) is 5.75 Å². The largest absolute Gasteiger partial charge is 0.494 e. The van der Waals surface area contributed by atoms with E-state index in [9.17, 15) is 9.50 Å². The first-order chi connectivity index (χ1) is 17.2. The molecule has 3 N–H and O–H groups in total. The Morgan fingerprint density at radius 1 is 1.17 bits per heavy atom. The fourth-order valence-electron chi connectivity index (χ4n) is 5.18. The highest BCUT2D eigenvalue weighted by Gasteiger charge is 2.34. The van der Waals surface area contributed by atoms with E-state index in [1.807, 2.05) is 4.68 Å². The molecule has 11 heteroatoms. The third kappa shape index (κ3) is 4.11. The van der Waals surface area contributed by atoms with E-state index in [2.05, 4.69) is 16.1 Å². The van der Waals surface area contributed by atoms with E-state index in [-0.39, 0.29) is 17.6 Å². The first-order valence-electron chi connectivity index (χ1n) is 12.4. The van der Waals surface area contributed by atoms with E-state index in [1.54, 1.807) is 13.8 Å². The molecule has 2 aliphatic rings. The fraction of sp³-hybridized carbons (Fsp3) is 0.520. The Morgan fingerprint density at radius 2 is 1.97 bits per heavy atom. The molecule has 4 heterocycles. The molecule has 6 rings (SSSR count). The van der Waals surface area contributed by atoms with Crippen LogP contribution in [0.2, 0.25) is 0 Å². The molecule has 2 fully saturated rings. The molecule has 0 unspecified atom stereocenters. The Hall–Kier alpha value is -3.47. The molecule has 0 amide bonds. The average Bonchev–Trinajstić information content (AvgIpc) is 3.43. The normalized spacial score (nSPS) is 18.9. The smallest absolute Gasteiger partial charge is 0.223 e. The molecule has 4 aromatic rings. The van der Waals surface area contributed by atoms with E-state index in [4.69, 9.17) is 25.7 Å². The van der Waals surface area contributed by atoms with E-state index in [0.29, 0.717) is 34.8 Å². The van der Waals surface area contributed by atoms with Crippen molar-refractivity contribution in [2.24, 2.45) is 0 Å². The average molecular weight is 495 g/mol. The van der Waals surface area contributed by atoms with E-state index < -0.39 is 11.4 Å². The van der Waals surface area contributed by atoms with Crippen LogP contribution < -0.4 is 15.4 Å². The summed E-state index contributed by atoms with van der Waals surface area (Å²) in [6, 6.07) is 2.91. The van der Waals surface area contributed by atoms with Gasteiger partial charge in [0.1, 0.15) is 0 Å². The number of aromatic nitrogens is 6. The number of rotatable bonds is 6. The number of nitrogen functional groups attached to an aromatic ring is 1. The van der Waals surface area contributed by atoms with Gasteiger partial charge in [0, 0.05) is 42.6 Å². The fourth-order valence-corrected chi connectivity index (χ4v) is 5.18. The maximum atomic E-state index is 14.5. The summed E-state index contributed by atoms with van der Waals surface area (Å²) >= 11 is 0. The molecule has 1 saturated heterocycles. The molecule has 1 aliphatic carbocycles. The maximum absolute atomic E-state index is 14.5. The Labute approximate surface area is 207 Å². The standard InChI is InChI=1S/C25H31FN8O2/c1-25(2,35)13-33-12-19(21(30-33)14-6-7-14)32-8-4-5-15(11-32)22-29-23-16-9-17(26)20(36-3)10-18(16)28-24(27)34(23)31-22/h9-10,12,14-15,35H,4-8,11,13H2,1-3H3,(H2,27,28)/t15-/m1/s1. The van der Waals surface area contributed by atoms with Crippen LogP contribution in [0, 0.1) is 5.82 Å². The van der Waals surface area contributed by atoms with Crippen LogP contribution in [0.1, 0.15) is 62.9 Å². The van der Waals surface area contributed by atoms with Gasteiger partial charge < -0.3 is 20.5 Å². The van der Waals surface area contributed by atoms with E-state index in [0.717, 1.165) is 50.2 Å². The zero-order valence-electron chi connectivity index (χ0n) is 20.8. The van der Waals surface area contributed by atoms with Gasteiger partial charge in [-0.3, -0.25) is 4.68 Å². The number of ether oxygens (including phenoxy) is 1. The summed E-state index contributed by atoms with van der Waals surface area (Å²) in [6.07, 6.45) is 6.30. The Bertz CT molecular complexity index is 1450. The van der Waals surface area contributed by atoms with Gasteiger partial charge in [-0.1, -0.05) is 0 Å². The van der Waals surface area contributed by atoms with Crippen molar-refractivity contribution in [3.05, 3.63) is 35.7 Å². The summed E-state index contributed by atoms with van der Waals surface area (Å²) in [7, 11) is 1.42. The lowest BCUT2D eigenvalue weighted by Gasteiger charge is -2.33. The van der Waals surface area contributed by atoms with Crippen LogP contribution in [-0.4, -0.2) is 60.3 Å². The summed E-state index contributed by atoms with van der Waals surface area (Å²) < 4.78 is 23.0. The number of nitrogens with two attached hydrogens (primary N) is 1. The molecule has 0 bridgehead atoms. The highest BCUT2D eigenvalue weighted by molar-refractivity contribution is 5.93. The number of anilines is 2. The summed E-state index contributed by atoms with van der Waals surface area (Å²) in [4.78, 5) is 11.6. The van der Waals surface area contributed by atoms with Crippen LogP contribution in [0.4, 0.5) is 16.0 Å². The van der Waals surface area contributed by atoms with Crippen LogP contribution in [-0.2, 0) is 6.54 Å². The lowest BCUT2D eigenvalue weighted by atomic mass is 9.96. The molecular weight excluding hydrogens is 463 g/mol. The van der Waals surface area contributed by atoms with Gasteiger partial charge in [0.05, 0.1) is 36.2 Å². The number of aliphatic hydroxyl groups is 1. The van der Waals surface area contributed by atoms with E-state index in [1.165, 1.54) is 23.8 Å². The Kier molecular flexibility index (Phi) is 5.29. The molecule has 3 aromatic heterocycles. The topological polar surface area (TPSA) is 120 Å². The molecule has 0 spiro atoms. The lowest BCUT2D eigenvalue weighted by Crippen LogP contribution is -2.35. The van der Waals surface area contributed by atoms with Gasteiger partial charge in [-0.25, -0.2) is 14.4 Å². The van der Waals surface area contributed by atoms with Crippen LogP contribution in [0.5, 0.6) is 5.75 Å². The second kappa shape index (κ2) is 8.29. The number of hydrogen-bond acceptors (Lipinski definition) is 8. The first kappa shape index (κ1) is 23.0. The first-order valence-corrected chi connectivity index (χ1v) is 12.4. The Morgan fingerprint density at radius 3 is 2.69 bits per heavy atom.